The van der Waals surface area contributed by atoms with Crippen LogP contribution in [-0.2, 0) is 6.54 Å². The summed E-state index contributed by atoms with van der Waals surface area (Å²) >= 11 is 3.77. The second-order valence-electron chi connectivity index (χ2n) is 4.68. The zero-order chi connectivity index (χ0) is 12.8. The molecule has 0 fully saturated rings. The van der Waals surface area contributed by atoms with E-state index in [4.69, 9.17) is 4.74 Å². The van der Waals surface area contributed by atoms with E-state index in [-0.39, 0.29) is 0 Å². The summed E-state index contributed by atoms with van der Waals surface area (Å²) < 4.78 is 9.34. The maximum Gasteiger partial charge on any atom is 0.128 e. The lowest BCUT2D eigenvalue weighted by Crippen LogP contribution is -2.05. The van der Waals surface area contributed by atoms with Crippen molar-refractivity contribution in [2.75, 3.05) is 6.61 Å². The quantitative estimate of drug-likeness (QED) is 0.597. The fraction of sp³-hybridized carbons (Fsp3) is 0.125. The smallest absolute Gasteiger partial charge is 0.128 e. The van der Waals surface area contributed by atoms with Crippen LogP contribution >= 0.6 is 15.9 Å². The Labute approximate surface area is 119 Å². The Kier molecular flexibility index (Phi) is 2.42. The summed E-state index contributed by atoms with van der Waals surface area (Å²) in [5.74, 6) is 0.963. The second kappa shape index (κ2) is 4.14. The lowest BCUT2D eigenvalue weighted by Gasteiger charge is -2.06. The highest BCUT2D eigenvalue weighted by molar-refractivity contribution is 9.10. The molecule has 1 aromatic heterocycles. The summed E-state index contributed by atoms with van der Waals surface area (Å²) in [5, 5.41) is 1.26. The second-order valence-corrected chi connectivity index (χ2v) is 5.47. The fourth-order valence-electron chi connectivity index (χ4n) is 2.79. The first-order valence-electron chi connectivity index (χ1n) is 6.35. The van der Waals surface area contributed by atoms with E-state index >= 15 is 0 Å². The van der Waals surface area contributed by atoms with Gasteiger partial charge in [0.15, 0.2) is 0 Å². The van der Waals surface area contributed by atoms with Crippen molar-refractivity contribution < 1.29 is 4.74 Å². The van der Waals surface area contributed by atoms with Gasteiger partial charge in [-0.25, -0.2) is 0 Å². The molecule has 4 rings (SSSR count). The van der Waals surface area contributed by atoms with E-state index in [9.17, 15) is 0 Å². The Balaban J connectivity index is 2.15. The minimum absolute atomic E-state index is 0.703. The van der Waals surface area contributed by atoms with E-state index in [1.165, 1.54) is 16.6 Å². The van der Waals surface area contributed by atoms with Crippen LogP contribution in [0.5, 0.6) is 5.75 Å². The standard InChI is InChI=1S/C16H12BrNO/c17-15-11-5-1-3-7-13(11)18-9-10-19-14-8-4-2-6-12(14)16(15)18/h1-8H,9-10H2. The molecule has 0 amide bonds. The van der Waals surface area contributed by atoms with Gasteiger partial charge in [-0.1, -0.05) is 30.3 Å². The van der Waals surface area contributed by atoms with E-state index in [0.717, 1.165) is 22.3 Å². The SMILES string of the molecule is Brc1c2n(c3ccccc13)CCOc1ccccc1-2. The molecule has 94 valence electrons. The van der Waals surface area contributed by atoms with E-state index in [2.05, 4.69) is 56.9 Å². The molecular formula is C16H12BrNO. The predicted molar refractivity (Wildman–Crippen MR) is 80.6 cm³/mol. The molecule has 0 aliphatic carbocycles. The highest BCUT2D eigenvalue weighted by Crippen LogP contribution is 2.42. The van der Waals surface area contributed by atoms with Crippen LogP contribution in [0.4, 0.5) is 0 Å². The average molecular weight is 314 g/mol. The molecule has 0 bridgehead atoms. The summed E-state index contributed by atoms with van der Waals surface area (Å²) in [6.45, 7) is 1.57. The Morgan fingerprint density at radius 3 is 2.74 bits per heavy atom. The Morgan fingerprint density at radius 2 is 1.79 bits per heavy atom. The largest absolute Gasteiger partial charge is 0.491 e. The molecule has 0 saturated carbocycles. The van der Waals surface area contributed by atoms with E-state index in [1.807, 2.05) is 12.1 Å². The molecule has 0 unspecified atom stereocenters. The third-order valence-corrected chi connectivity index (χ3v) is 4.43. The molecule has 1 aliphatic heterocycles. The zero-order valence-electron chi connectivity index (χ0n) is 10.3. The van der Waals surface area contributed by atoms with Crippen molar-refractivity contribution in [3.63, 3.8) is 0 Å². The normalized spacial score (nSPS) is 13.5. The lowest BCUT2D eigenvalue weighted by atomic mass is 10.1. The third kappa shape index (κ3) is 1.55. The molecule has 0 saturated heterocycles. The number of nitrogens with zero attached hydrogens (tertiary/aromatic N) is 1. The summed E-state index contributed by atoms with van der Waals surface area (Å²) in [4.78, 5) is 0. The molecule has 0 radical (unpaired) electrons. The van der Waals surface area contributed by atoms with Crippen LogP contribution in [0.2, 0.25) is 0 Å². The van der Waals surface area contributed by atoms with Crippen LogP contribution in [0.15, 0.2) is 53.0 Å². The number of para-hydroxylation sites is 2. The third-order valence-electron chi connectivity index (χ3n) is 3.62. The van der Waals surface area contributed by atoms with Gasteiger partial charge in [0.1, 0.15) is 12.4 Å². The number of rotatable bonds is 0. The van der Waals surface area contributed by atoms with Crippen molar-refractivity contribution in [2.24, 2.45) is 0 Å². The van der Waals surface area contributed by atoms with Gasteiger partial charge in [0.25, 0.3) is 0 Å². The number of ether oxygens (including phenoxy) is 1. The highest BCUT2D eigenvalue weighted by Gasteiger charge is 2.21. The molecular weight excluding hydrogens is 302 g/mol. The van der Waals surface area contributed by atoms with Gasteiger partial charge >= 0.3 is 0 Å². The van der Waals surface area contributed by atoms with Gasteiger partial charge in [0.05, 0.1) is 16.7 Å². The average Bonchev–Trinajstić information content (AvgIpc) is 2.62. The van der Waals surface area contributed by atoms with E-state index in [0.29, 0.717) is 6.61 Å². The first kappa shape index (κ1) is 11.1. The molecule has 2 heterocycles. The molecule has 0 N–H and O–H groups in total. The maximum atomic E-state index is 5.85. The van der Waals surface area contributed by atoms with Gasteiger partial charge in [0, 0.05) is 16.5 Å². The number of benzene rings is 2. The highest BCUT2D eigenvalue weighted by atomic mass is 79.9. The van der Waals surface area contributed by atoms with Gasteiger partial charge in [-0.3, -0.25) is 0 Å². The van der Waals surface area contributed by atoms with Crippen LogP contribution in [0, 0.1) is 0 Å². The van der Waals surface area contributed by atoms with Crippen molar-refractivity contribution in [3.8, 4) is 17.0 Å². The molecule has 0 spiro atoms. The maximum absolute atomic E-state index is 5.85. The van der Waals surface area contributed by atoms with Gasteiger partial charge in [-0.15, -0.1) is 0 Å². The van der Waals surface area contributed by atoms with Crippen LogP contribution < -0.4 is 4.74 Å². The van der Waals surface area contributed by atoms with Gasteiger partial charge in [0.2, 0.25) is 0 Å². The Hall–Kier alpha value is -1.74. The predicted octanol–water partition coefficient (Wildman–Crippen LogP) is 4.46. The van der Waals surface area contributed by atoms with E-state index in [1.54, 1.807) is 0 Å². The number of aromatic nitrogens is 1. The molecule has 1 aliphatic rings. The van der Waals surface area contributed by atoms with Crippen LogP contribution in [0.1, 0.15) is 0 Å². The van der Waals surface area contributed by atoms with Crippen molar-refractivity contribution in [1.29, 1.82) is 0 Å². The number of hydrogen-bond donors (Lipinski definition) is 0. The van der Waals surface area contributed by atoms with Crippen molar-refractivity contribution in [1.82, 2.24) is 4.57 Å². The summed E-state index contributed by atoms with van der Waals surface area (Å²) in [6.07, 6.45) is 0. The van der Waals surface area contributed by atoms with Gasteiger partial charge < -0.3 is 9.30 Å². The zero-order valence-corrected chi connectivity index (χ0v) is 11.9. The minimum atomic E-state index is 0.703. The minimum Gasteiger partial charge on any atom is -0.491 e. The van der Waals surface area contributed by atoms with Gasteiger partial charge in [-0.2, -0.15) is 0 Å². The number of halogens is 1. The number of hydrogen-bond acceptors (Lipinski definition) is 1. The summed E-state index contributed by atoms with van der Waals surface area (Å²) in [5.41, 5.74) is 3.63. The van der Waals surface area contributed by atoms with Crippen molar-refractivity contribution in [3.05, 3.63) is 53.0 Å². The molecule has 0 atom stereocenters. The lowest BCUT2D eigenvalue weighted by molar-refractivity contribution is 0.308. The van der Waals surface area contributed by atoms with E-state index < -0.39 is 0 Å². The van der Waals surface area contributed by atoms with Crippen LogP contribution in [-0.4, -0.2) is 11.2 Å². The first-order chi connectivity index (χ1) is 9.36. The first-order valence-corrected chi connectivity index (χ1v) is 7.14. The monoisotopic (exact) mass is 313 g/mol. The fourth-order valence-corrected chi connectivity index (χ4v) is 3.55. The molecule has 3 aromatic rings. The van der Waals surface area contributed by atoms with Gasteiger partial charge in [-0.05, 0) is 34.1 Å². The van der Waals surface area contributed by atoms with Crippen LogP contribution in [0.3, 0.4) is 0 Å². The summed E-state index contributed by atoms with van der Waals surface area (Å²) in [7, 11) is 0. The summed E-state index contributed by atoms with van der Waals surface area (Å²) in [6, 6.07) is 16.7. The number of fused-ring (bicyclic) bond motifs is 5. The van der Waals surface area contributed by atoms with Crippen LogP contribution in [0.25, 0.3) is 22.2 Å². The molecule has 2 nitrogen and oxygen atoms in total. The van der Waals surface area contributed by atoms with Crippen molar-refractivity contribution in [2.45, 2.75) is 6.54 Å². The molecule has 19 heavy (non-hydrogen) atoms. The Morgan fingerprint density at radius 1 is 1.00 bits per heavy atom. The topological polar surface area (TPSA) is 14.2 Å². The molecule has 2 aromatic carbocycles. The molecule has 3 heteroatoms. The van der Waals surface area contributed by atoms with Crippen molar-refractivity contribution >= 4 is 26.8 Å². The Bertz CT molecular complexity index is 776.